The van der Waals surface area contributed by atoms with Crippen molar-refractivity contribution in [2.45, 2.75) is 32.1 Å². The molecule has 1 atom stereocenters. The van der Waals surface area contributed by atoms with Gasteiger partial charge in [0, 0.05) is 6.08 Å². The van der Waals surface area contributed by atoms with Crippen molar-refractivity contribution in [3.63, 3.8) is 0 Å². The number of alkyl halides is 2. The van der Waals surface area contributed by atoms with E-state index in [9.17, 15) is 9.59 Å². The zero-order valence-electron chi connectivity index (χ0n) is 19.1. The van der Waals surface area contributed by atoms with Gasteiger partial charge in [-0.25, -0.2) is 13.6 Å². The third-order valence-electron chi connectivity index (χ3n) is 5.61. The Kier molecular flexibility index (Phi) is 8.36. The molecule has 1 unspecified atom stereocenters. The standard InChI is InChI=1S/C25H28F2N2O5/c1-18(32-2)13-21(30)28-23(31)29-22-24(25(22,26)27,16-33-14-19-9-5-3-6-10-19)17-34-15-20-11-7-4-8-12-20/h3-13,22H,14-17H2,1-2H3,(H2,28,29,30,31)/b18-13-. The molecule has 2 N–H and O–H groups in total. The highest BCUT2D eigenvalue weighted by Gasteiger charge is 2.81. The monoisotopic (exact) mass is 474 g/mol. The van der Waals surface area contributed by atoms with Crippen LogP contribution in [0.1, 0.15) is 18.1 Å². The summed E-state index contributed by atoms with van der Waals surface area (Å²) in [5, 5.41) is 4.20. The van der Waals surface area contributed by atoms with Gasteiger partial charge in [-0.15, -0.1) is 0 Å². The highest BCUT2D eigenvalue weighted by molar-refractivity contribution is 6.00. The van der Waals surface area contributed by atoms with Gasteiger partial charge < -0.3 is 19.5 Å². The molecule has 34 heavy (non-hydrogen) atoms. The van der Waals surface area contributed by atoms with Crippen molar-refractivity contribution in [1.29, 1.82) is 0 Å². The molecule has 1 saturated carbocycles. The smallest absolute Gasteiger partial charge is 0.322 e. The lowest BCUT2D eigenvalue weighted by Crippen LogP contribution is -2.43. The van der Waals surface area contributed by atoms with Crippen molar-refractivity contribution in [2.24, 2.45) is 5.41 Å². The number of amides is 3. The quantitative estimate of drug-likeness (QED) is 0.382. The summed E-state index contributed by atoms with van der Waals surface area (Å²) in [6, 6.07) is 15.7. The first-order valence-electron chi connectivity index (χ1n) is 10.7. The number of hydrogen-bond acceptors (Lipinski definition) is 5. The van der Waals surface area contributed by atoms with Crippen molar-refractivity contribution in [2.75, 3.05) is 20.3 Å². The van der Waals surface area contributed by atoms with E-state index in [2.05, 4.69) is 5.32 Å². The molecule has 1 fully saturated rings. The third-order valence-corrected chi connectivity index (χ3v) is 5.61. The molecular formula is C25H28F2N2O5. The zero-order chi connectivity index (χ0) is 24.6. The SMILES string of the molecule is CO/C(C)=C\C(=O)NC(=O)NC1C(F)(F)C1(COCc1ccccc1)COCc1ccccc1. The van der Waals surface area contributed by atoms with Crippen LogP contribution >= 0.6 is 0 Å². The second kappa shape index (κ2) is 11.2. The Morgan fingerprint density at radius 1 is 0.941 bits per heavy atom. The fourth-order valence-corrected chi connectivity index (χ4v) is 3.55. The number of carbonyl (C=O) groups excluding carboxylic acids is 2. The average Bonchev–Trinajstić information content (AvgIpc) is 3.26. The van der Waals surface area contributed by atoms with E-state index in [0.717, 1.165) is 17.2 Å². The lowest BCUT2D eigenvalue weighted by molar-refractivity contribution is -0.115. The molecule has 7 nitrogen and oxygen atoms in total. The fraction of sp³-hybridized carbons (Fsp3) is 0.360. The highest BCUT2D eigenvalue weighted by atomic mass is 19.3. The van der Waals surface area contributed by atoms with Crippen LogP contribution in [0, 0.1) is 5.41 Å². The molecule has 0 aromatic heterocycles. The second-order valence-electron chi connectivity index (χ2n) is 8.09. The van der Waals surface area contributed by atoms with E-state index >= 15 is 8.78 Å². The highest BCUT2D eigenvalue weighted by Crippen LogP contribution is 2.61. The Morgan fingerprint density at radius 2 is 1.44 bits per heavy atom. The summed E-state index contributed by atoms with van der Waals surface area (Å²) in [7, 11) is 1.36. The van der Waals surface area contributed by atoms with Crippen LogP contribution in [0.4, 0.5) is 13.6 Å². The van der Waals surface area contributed by atoms with Gasteiger partial charge in [0.15, 0.2) is 0 Å². The number of ether oxygens (including phenoxy) is 3. The topological polar surface area (TPSA) is 85.9 Å². The number of rotatable bonds is 11. The summed E-state index contributed by atoms with van der Waals surface area (Å²) < 4.78 is 46.1. The van der Waals surface area contributed by atoms with Gasteiger partial charge in [-0.1, -0.05) is 60.7 Å². The predicted molar refractivity (Wildman–Crippen MR) is 121 cm³/mol. The molecule has 182 valence electrons. The van der Waals surface area contributed by atoms with Crippen molar-refractivity contribution in [3.8, 4) is 0 Å². The molecule has 1 aliphatic carbocycles. The number of methoxy groups -OCH3 is 1. The number of hydrogen-bond donors (Lipinski definition) is 2. The second-order valence-corrected chi connectivity index (χ2v) is 8.09. The van der Waals surface area contributed by atoms with Gasteiger partial charge in [-0.3, -0.25) is 10.1 Å². The number of urea groups is 1. The maximum absolute atomic E-state index is 15.0. The van der Waals surface area contributed by atoms with E-state index in [4.69, 9.17) is 14.2 Å². The number of allylic oxidation sites excluding steroid dienone is 1. The Bertz CT molecular complexity index is 953. The number of halogens is 2. The van der Waals surface area contributed by atoms with Crippen LogP contribution in [0.25, 0.3) is 0 Å². The van der Waals surface area contributed by atoms with E-state index in [0.29, 0.717) is 0 Å². The Labute approximate surface area is 197 Å². The number of benzene rings is 2. The summed E-state index contributed by atoms with van der Waals surface area (Å²) in [6.45, 7) is 1.11. The minimum atomic E-state index is -3.29. The normalized spacial score (nSPS) is 18.1. The van der Waals surface area contributed by atoms with E-state index in [1.165, 1.54) is 14.0 Å². The molecule has 0 bridgehead atoms. The van der Waals surface area contributed by atoms with Crippen LogP contribution in [0.2, 0.25) is 0 Å². The Balaban J connectivity index is 1.65. The number of carbonyl (C=O) groups is 2. The van der Waals surface area contributed by atoms with E-state index in [1.54, 1.807) is 0 Å². The lowest BCUT2D eigenvalue weighted by atomic mass is 10.1. The first kappa shape index (κ1) is 25.3. The van der Waals surface area contributed by atoms with Crippen LogP contribution in [-0.4, -0.2) is 44.2 Å². The third kappa shape index (κ3) is 6.18. The largest absolute Gasteiger partial charge is 0.501 e. The van der Waals surface area contributed by atoms with E-state index < -0.39 is 29.3 Å². The van der Waals surface area contributed by atoms with Crippen LogP contribution < -0.4 is 10.6 Å². The fourth-order valence-electron chi connectivity index (χ4n) is 3.55. The molecule has 0 radical (unpaired) electrons. The first-order valence-corrected chi connectivity index (χ1v) is 10.7. The van der Waals surface area contributed by atoms with Crippen molar-refractivity contribution < 1.29 is 32.6 Å². The zero-order valence-corrected chi connectivity index (χ0v) is 19.1. The van der Waals surface area contributed by atoms with Gasteiger partial charge in [0.25, 0.3) is 11.8 Å². The molecule has 3 rings (SSSR count). The van der Waals surface area contributed by atoms with Crippen molar-refractivity contribution >= 4 is 11.9 Å². The minimum absolute atomic E-state index is 0.135. The van der Waals surface area contributed by atoms with Crippen molar-refractivity contribution in [1.82, 2.24) is 10.6 Å². The molecule has 0 spiro atoms. The van der Waals surface area contributed by atoms with E-state index in [1.807, 2.05) is 66.0 Å². The summed E-state index contributed by atoms with van der Waals surface area (Å²) in [6.07, 6.45) is 1.05. The van der Waals surface area contributed by atoms with Gasteiger partial charge in [-0.2, -0.15) is 0 Å². The van der Waals surface area contributed by atoms with Crippen LogP contribution in [0.15, 0.2) is 72.5 Å². The Hall–Kier alpha value is -3.30. The van der Waals surface area contributed by atoms with Crippen LogP contribution in [0.3, 0.4) is 0 Å². The Morgan fingerprint density at radius 3 is 1.91 bits per heavy atom. The van der Waals surface area contributed by atoms with Gasteiger partial charge in [0.2, 0.25) is 0 Å². The molecule has 9 heteroatoms. The molecule has 3 amide bonds. The molecular weight excluding hydrogens is 446 g/mol. The summed E-state index contributed by atoms with van der Waals surface area (Å²) >= 11 is 0. The first-order chi connectivity index (χ1) is 16.3. The summed E-state index contributed by atoms with van der Waals surface area (Å²) in [5.74, 6) is -3.81. The maximum Gasteiger partial charge on any atom is 0.322 e. The molecule has 1 aliphatic rings. The number of imide groups is 1. The lowest BCUT2D eigenvalue weighted by Gasteiger charge is -2.18. The summed E-state index contributed by atoms with van der Waals surface area (Å²) in [4.78, 5) is 24.1. The van der Waals surface area contributed by atoms with Crippen LogP contribution in [0.5, 0.6) is 0 Å². The molecule has 2 aromatic carbocycles. The average molecular weight is 475 g/mol. The molecule has 0 saturated heterocycles. The molecule has 0 aliphatic heterocycles. The van der Waals surface area contributed by atoms with Crippen LogP contribution in [-0.2, 0) is 32.2 Å². The minimum Gasteiger partial charge on any atom is -0.501 e. The summed E-state index contributed by atoms with van der Waals surface area (Å²) in [5.41, 5.74) is -0.102. The van der Waals surface area contributed by atoms with Gasteiger partial charge >= 0.3 is 6.03 Å². The molecule has 0 heterocycles. The molecule has 2 aromatic rings. The predicted octanol–water partition coefficient (Wildman–Crippen LogP) is 3.80. The number of nitrogens with one attached hydrogen (secondary N) is 2. The van der Waals surface area contributed by atoms with Gasteiger partial charge in [0.1, 0.15) is 11.5 Å². The van der Waals surface area contributed by atoms with Crippen molar-refractivity contribution in [3.05, 3.63) is 83.6 Å². The van der Waals surface area contributed by atoms with Gasteiger partial charge in [0.05, 0.1) is 39.3 Å². The van der Waals surface area contributed by atoms with E-state index in [-0.39, 0.29) is 32.2 Å². The maximum atomic E-state index is 15.0. The van der Waals surface area contributed by atoms with Gasteiger partial charge in [-0.05, 0) is 18.1 Å².